The number of amides is 2. The molecule has 9 nitrogen and oxygen atoms in total. The van der Waals surface area contributed by atoms with Crippen LogP contribution < -0.4 is 21.1 Å². The first-order valence-corrected chi connectivity index (χ1v) is 11.4. The van der Waals surface area contributed by atoms with Crippen LogP contribution in [0, 0.1) is 11.3 Å². The standard InChI is InChI=1S/C27H26N4O5/c28-25(29)18-3-1-16(2-4-18)17-7-11-23(12-8-17)36-15-22-13-20(14-24(32)33)27(35)31(22)21-9-5-19(6-10-21)26(30)34/h1-12,20,22H,13-15H2,(H3,28,29)(H2,30,34)(H,32,33)/t20-,22-/m0/s1. The smallest absolute Gasteiger partial charge is 0.304 e. The SMILES string of the molecule is N=C(N)c1ccc(-c2ccc(OC[C@@H]3C[C@@H](CC(=O)O)C(=O)N3c3ccc(C(N)=O)cc3)cc2)cc1. The number of anilines is 1. The highest BCUT2D eigenvalue weighted by Crippen LogP contribution is 2.33. The lowest BCUT2D eigenvalue weighted by atomic mass is 10.0. The van der Waals surface area contributed by atoms with E-state index in [1.54, 1.807) is 29.2 Å². The van der Waals surface area contributed by atoms with E-state index in [9.17, 15) is 19.5 Å². The molecule has 0 unspecified atom stereocenters. The van der Waals surface area contributed by atoms with Gasteiger partial charge < -0.3 is 26.2 Å². The van der Waals surface area contributed by atoms with Crippen LogP contribution >= 0.6 is 0 Å². The maximum absolute atomic E-state index is 13.0. The van der Waals surface area contributed by atoms with E-state index in [4.69, 9.17) is 21.6 Å². The quantitative estimate of drug-likeness (QED) is 0.269. The first kappa shape index (κ1) is 24.5. The highest BCUT2D eigenvalue weighted by Gasteiger charge is 2.41. The van der Waals surface area contributed by atoms with E-state index in [2.05, 4.69) is 0 Å². The number of nitrogens with two attached hydrogens (primary N) is 2. The van der Waals surface area contributed by atoms with E-state index in [0.717, 1.165) is 11.1 Å². The molecule has 0 bridgehead atoms. The maximum atomic E-state index is 13.0. The molecule has 0 saturated carbocycles. The molecule has 1 saturated heterocycles. The molecule has 4 rings (SSSR count). The topological polar surface area (TPSA) is 160 Å². The van der Waals surface area contributed by atoms with Crippen LogP contribution in [0.25, 0.3) is 11.1 Å². The fourth-order valence-electron chi connectivity index (χ4n) is 4.34. The number of aliphatic carboxylic acids is 1. The van der Waals surface area contributed by atoms with Crippen LogP contribution in [0.2, 0.25) is 0 Å². The van der Waals surface area contributed by atoms with Crippen molar-refractivity contribution in [1.82, 2.24) is 0 Å². The first-order valence-electron chi connectivity index (χ1n) is 11.4. The highest BCUT2D eigenvalue weighted by molar-refractivity contribution is 6.00. The van der Waals surface area contributed by atoms with Crippen molar-refractivity contribution in [2.75, 3.05) is 11.5 Å². The van der Waals surface area contributed by atoms with Crippen molar-refractivity contribution in [3.05, 3.63) is 83.9 Å². The number of amidine groups is 1. The summed E-state index contributed by atoms with van der Waals surface area (Å²) in [7, 11) is 0. The number of rotatable bonds is 9. The van der Waals surface area contributed by atoms with Gasteiger partial charge in [0.15, 0.2) is 0 Å². The normalized spacial score (nSPS) is 17.1. The molecular formula is C27H26N4O5. The number of nitrogens with zero attached hydrogens (tertiary/aromatic N) is 1. The van der Waals surface area contributed by atoms with Crippen molar-refractivity contribution < 1.29 is 24.2 Å². The minimum absolute atomic E-state index is 0.0131. The molecule has 1 aliphatic rings. The number of carboxylic acids is 1. The van der Waals surface area contributed by atoms with E-state index in [1.165, 1.54) is 12.1 Å². The third kappa shape index (κ3) is 5.35. The number of carboxylic acid groups (broad SMARTS) is 1. The molecule has 184 valence electrons. The Hall–Kier alpha value is -4.66. The van der Waals surface area contributed by atoms with Gasteiger partial charge in [-0.2, -0.15) is 0 Å². The van der Waals surface area contributed by atoms with Gasteiger partial charge >= 0.3 is 5.97 Å². The molecule has 9 heteroatoms. The zero-order valence-corrected chi connectivity index (χ0v) is 19.4. The van der Waals surface area contributed by atoms with Crippen molar-refractivity contribution >= 4 is 29.3 Å². The number of nitrogens with one attached hydrogen (secondary N) is 1. The number of benzene rings is 3. The molecule has 3 aromatic carbocycles. The summed E-state index contributed by atoms with van der Waals surface area (Å²) in [6.45, 7) is 0.173. The molecule has 0 aromatic heterocycles. The Balaban J connectivity index is 1.48. The Bertz CT molecular complexity index is 1290. The van der Waals surface area contributed by atoms with Gasteiger partial charge in [0.05, 0.1) is 18.4 Å². The van der Waals surface area contributed by atoms with Gasteiger partial charge in [0.25, 0.3) is 0 Å². The second kappa shape index (κ2) is 10.3. The third-order valence-electron chi connectivity index (χ3n) is 6.19. The maximum Gasteiger partial charge on any atom is 0.304 e. The second-order valence-electron chi connectivity index (χ2n) is 8.63. The largest absolute Gasteiger partial charge is 0.491 e. The molecule has 3 aromatic rings. The van der Waals surface area contributed by atoms with E-state index in [-0.39, 0.29) is 30.8 Å². The average Bonchev–Trinajstić information content (AvgIpc) is 3.17. The molecule has 0 spiro atoms. The lowest BCUT2D eigenvalue weighted by Gasteiger charge is -2.25. The van der Waals surface area contributed by atoms with E-state index >= 15 is 0 Å². The minimum Gasteiger partial charge on any atom is -0.491 e. The van der Waals surface area contributed by atoms with Gasteiger partial charge in [0, 0.05) is 16.8 Å². The monoisotopic (exact) mass is 486 g/mol. The Labute approximate surface area is 207 Å². The predicted octanol–water partition coefficient (Wildman–Crippen LogP) is 3.01. The van der Waals surface area contributed by atoms with Crippen LogP contribution in [0.1, 0.15) is 28.8 Å². The second-order valence-corrected chi connectivity index (χ2v) is 8.63. The van der Waals surface area contributed by atoms with E-state index < -0.39 is 17.8 Å². The summed E-state index contributed by atoms with van der Waals surface area (Å²) in [5.41, 5.74) is 14.3. The van der Waals surface area contributed by atoms with Crippen LogP contribution in [0.4, 0.5) is 5.69 Å². The zero-order valence-electron chi connectivity index (χ0n) is 19.4. The van der Waals surface area contributed by atoms with Crippen molar-refractivity contribution in [3.8, 4) is 16.9 Å². The summed E-state index contributed by atoms with van der Waals surface area (Å²) in [4.78, 5) is 37.3. The van der Waals surface area contributed by atoms with Crippen LogP contribution in [-0.2, 0) is 9.59 Å². The van der Waals surface area contributed by atoms with Gasteiger partial charge in [-0.3, -0.25) is 19.8 Å². The Morgan fingerprint density at radius 1 is 0.917 bits per heavy atom. The molecule has 0 aliphatic carbocycles. The molecule has 1 aliphatic heterocycles. The lowest BCUT2D eigenvalue weighted by Crippen LogP contribution is -2.37. The van der Waals surface area contributed by atoms with Gasteiger partial charge in [-0.25, -0.2) is 0 Å². The fraction of sp³-hybridized carbons (Fsp3) is 0.185. The molecule has 6 N–H and O–H groups in total. The van der Waals surface area contributed by atoms with Gasteiger partial charge in [-0.1, -0.05) is 36.4 Å². The molecule has 36 heavy (non-hydrogen) atoms. The summed E-state index contributed by atoms with van der Waals surface area (Å²) in [5, 5.41) is 16.7. The van der Waals surface area contributed by atoms with Crippen molar-refractivity contribution in [2.45, 2.75) is 18.9 Å². The lowest BCUT2D eigenvalue weighted by molar-refractivity contribution is -0.140. The van der Waals surface area contributed by atoms with Gasteiger partial charge in [-0.05, 0) is 53.9 Å². The van der Waals surface area contributed by atoms with Crippen LogP contribution in [0.3, 0.4) is 0 Å². The predicted molar refractivity (Wildman–Crippen MR) is 135 cm³/mol. The molecular weight excluding hydrogens is 460 g/mol. The summed E-state index contributed by atoms with van der Waals surface area (Å²) >= 11 is 0. The highest BCUT2D eigenvalue weighted by atomic mass is 16.5. The molecule has 1 heterocycles. The van der Waals surface area contributed by atoms with Crippen molar-refractivity contribution in [2.24, 2.45) is 17.4 Å². The molecule has 1 fully saturated rings. The van der Waals surface area contributed by atoms with Gasteiger partial charge in [0.2, 0.25) is 11.8 Å². The number of carbonyl (C=O) groups excluding carboxylic acids is 2. The third-order valence-corrected chi connectivity index (χ3v) is 6.19. The molecule has 2 amide bonds. The van der Waals surface area contributed by atoms with Crippen LogP contribution in [0.5, 0.6) is 5.75 Å². The number of hydrogen-bond donors (Lipinski definition) is 4. The number of nitrogen functional groups attached to an aromatic ring is 1. The van der Waals surface area contributed by atoms with Gasteiger partial charge in [-0.15, -0.1) is 0 Å². The number of primary amides is 1. The Kier molecular flexibility index (Phi) is 7.00. The Morgan fingerprint density at radius 3 is 2.00 bits per heavy atom. The number of carbonyl (C=O) groups is 3. The molecule has 2 atom stereocenters. The summed E-state index contributed by atoms with van der Waals surface area (Å²) < 4.78 is 5.99. The van der Waals surface area contributed by atoms with Gasteiger partial charge in [0.1, 0.15) is 18.2 Å². The van der Waals surface area contributed by atoms with Crippen LogP contribution in [-0.4, -0.2) is 41.4 Å². The zero-order chi connectivity index (χ0) is 25.8. The first-order chi connectivity index (χ1) is 17.2. The summed E-state index contributed by atoms with van der Waals surface area (Å²) in [5.74, 6) is -1.94. The van der Waals surface area contributed by atoms with Crippen LogP contribution in [0.15, 0.2) is 72.8 Å². The summed E-state index contributed by atoms with van der Waals surface area (Å²) in [6.07, 6.45) is 0.0750. The van der Waals surface area contributed by atoms with Crippen molar-refractivity contribution in [3.63, 3.8) is 0 Å². The fourth-order valence-corrected chi connectivity index (χ4v) is 4.34. The van der Waals surface area contributed by atoms with E-state index in [1.807, 2.05) is 36.4 Å². The number of hydrogen-bond acceptors (Lipinski definition) is 5. The average molecular weight is 487 g/mol. The Morgan fingerprint density at radius 2 is 1.47 bits per heavy atom. The number of ether oxygens (including phenoxy) is 1. The van der Waals surface area contributed by atoms with Crippen molar-refractivity contribution in [1.29, 1.82) is 5.41 Å². The summed E-state index contributed by atoms with van der Waals surface area (Å²) in [6, 6.07) is 20.8. The molecule has 0 radical (unpaired) electrons. The van der Waals surface area contributed by atoms with E-state index in [0.29, 0.717) is 29.0 Å². The minimum atomic E-state index is -1.04.